The number of hydrogen-bond acceptors (Lipinski definition) is 2. The van der Waals surface area contributed by atoms with Crippen molar-refractivity contribution >= 4 is 9.84 Å². The minimum atomic E-state index is -2.63. The summed E-state index contributed by atoms with van der Waals surface area (Å²) >= 11 is 0. The predicted octanol–water partition coefficient (Wildman–Crippen LogP) is 1.08. The fraction of sp³-hybridized carbons (Fsp3) is 1.00. The Morgan fingerprint density at radius 2 is 1.70 bits per heavy atom. The largest absolute Gasteiger partial charge is 0.229 e. The van der Waals surface area contributed by atoms with Crippen LogP contribution in [0.3, 0.4) is 0 Å². The molecule has 3 heteroatoms. The van der Waals surface area contributed by atoms with E-state index >= 15 is 0 Å². The molecular weight excluding hydrogens is 148 g/mol. The van der Waals surface area contributed by atoms with Crippen molar-refractivity contribution < 1.29 is 8.42 Å². The average molecular weight is 162 g/mol. The summed E-state index contributed by atoms with van der Waals surface area (Å²) in [6.07, 6.45) is 0. The summed E-state index contributed by atoms with van der Waals surface area (Å²) < 4.78 is 21.6. The standard InChI is InChI=1S/C7H14O2S/c1-6(2)7(3)4-10(8,9)5-7/h6H,4-5H2,1-3H3. The third-order valence-electron chi connectivity index (χ3n) is 2.49. The third kappa shape index (κ3) is 1.19. The second kappa shape index (κ2) is 1.97. The van der Waals surface area contributed by atoms with Gasteiger partial charge in [0.05, 0.1) is 11.5 Å². The normalized spacial score (nSPS) is 28.0. The quantitative estimate of drug-likeness (QED) is 0.578. The van der Waals surface area contributed by atoms with E-state index in [1.165, 1.54) is 0 Å². The van der Waals surface area contributed by atoms with Crippen LogP contribution in [0.5, 0.6) is 0 Å². The monoisotopic (exact) mass is 162 g/mol. The molecule has 0 spiro atoms. The first-order valence-electron chi connectivity index (χ1n) is 3.56. The Morgan fingerprint density at radius 3 is 1.80 bits per heavy atom. The SMILES string of the molecule is CC(C)C1(C)CS(=O)(=O)C1. The van der Waals surface area contributed by atoms with Crippen molar-refractivity contribution in [1.82, 2.24) is 0 Å². The van der Waals surface area contributed by atoms with Crippen molar-refractivity contribution in [1.29, 1.82) is 0 Å². The predicted molar refractivity (Wildman–Crippen MR) is 41.6 cm³/mol. The molecular formula is C7H14O2S. The lowest BCUT2D eigenvalue weighted by Crippen LogP contribution is -2.49. The second-order valence-electron chi connectivity index (χ2n) is 3.84. The fourth-order valence-electron chi connectivity index (χ4n) is 1.30. The van der Waals surface area contributed by atoms with Gasteiger partial charge in [-0.25, -0.2) is 8.42 Å². The van der Waals surface area contributed by atoms with Gasteiger partial charge in [0.2, 0.25) is 0 Å². The molecule has 0 unspecified atom stereocenters. The van der Waals surface area contributed by atoms with Crippen LogP contribution in [0.1, 0.15) is 20.8 Å². The fourth-order valence-corrected chi connectivity index (χ4v) is 3.89. The van der Waals surface area contributed by atoms with Crippen molar-refractivity contribution in [2.45, 2.75) is 20.8 Å². The van der Waals surface area contributed by atoms with E-state index in [1.54, 1.807) is 0 Å². The van der Waals surface area contributed by atoms with Gasteiger partial charge in [0.15, 0.2) is 9.84 Å². The summed E-state index contributed by atoms with van der Waals surface area (Å²) in [5.41, 5.74) is 0.0683. The van der Waals surface area contributed by atoms with Gasteiger partial charge in [-0.2, -0.15) is 0 Å². The van der Waals surface area contributed by atoms with E-state index in [-0.39, 0.29) is 5.41 Å². The summed E-state index contributed by atoms with van der Waals surface area (Å²) in [6.45, 7) is 6.20. The van der Waals surface area contributed by atoms with Gasteiger partial charge in [0.1, 0.15) is 0 Å². The molecule has 0 saturated carbocycles. The van der Waals surface area contributed by atoms with Crippen molar-refractivity contribution in [3.63, 3.8) is 0 Å². The van der Waals surface area contributed by atoms with Crippen LogP contribution in [0.25, 0.3) is 0 Å². The average Bonchev–Trinajstić information content (AvgIpc) is 1.59. The maximum absolute atomic E-state index is 10.8. The van der Waals surface area contributed by atoms with Crippen LogP contribution in [0.2, 0.25) is 0 Å². The van der Waals surface area contributed by atoms with E-state index in [0.717, 1.165) is 0 Å². The van der Waals surface area contributed by atoms with Crippen LogP contribution in [-0.2, 0) is 9.84 Å². The molecule has 1 aliphatic rings. The van der Waals surface area contributed by atoms with Crippen molar-refractivity contribution in [3.05, 3.63) is 0 Å². The first-order chi connectivity index (χ1) is 4.36. The van der Waals surface area contributed by atoms with Gasteiger partial charge in [0, 0.05) is 0 Å². The lowest BCUT2D eigenvalue weighted by atomic mass is 9.82. The van der Waals surface area contributed by atoms with Gasteiger partial charge >= 0.3 is 0 Å². The molecule has 0 radical (unpaired) electrons. The lowest BCUT2D eigenvalue weighted by Gasteiger charge is -2.41. The molecule has 0 aliphatic carbocycles. The zero-order valence-corrected chi connectivity index (χ0v) is 7.53. The molecule has 0 atom stereocenters. The highest BCUT2D eigenvalue weighted by Crippen LogP contribution is 2.38. The molecule has 0 aromatic carbocycles. The molecule has 2 nitrogen and oxygen atoms in total. The molecule has 1 rings (SSSR count). The molecule has 1 fully saturated rings. The lowest BCUT2D eigenvalue weighted by molar-refractivity contribution is 0.260. The molecule has 0 aromatic rings. The van der Waals surface area contributed by atoms with Gasteiger partial charge in [-0.3, -0.25) is 0 Å². The zero-order valence-electron chi connectivity index (χ0n) is 6.72. The number of rotatable bonds is 1. The van der Waals surface area contributed by atoms with Crippen molar-refractivity contribution in [2.24, 2.45) is 11.3 Å². The molecule has 0 aromatic heterocycles. The van der Waals surface area contributed by atoms with Crippen LogP contribution >= 0.6 is 0 Å². The first kappa shape index (κ1) is 8.05. The molecule has 1 heterocycles. The van der Waals surface area contributed by atoms with Crippen molar-refractivity contribution in [2.75, 3.05) is 11.5 Å². The van der Waals surface area contributed by atoms with Gasteiger partial charge in [0.25, 0.3) is 0 Å². The molecule has 0 bridgehead atoms. The number of sulfone groups is 1. The molecule has 10 heavy (non-hydrogen) atoms. The Hall–Kier alpha value is -0.0500. The van der Waals surface area contributed by atoms with E-state index in [0.29, 0.717) is 17.4 Å². The summed E-state index contributed by atoms with van der Waals surface area (Å²) in [7, 11) is -2.63. The smallest absolute Gasteiger partial charge is 0.151 e. The highest BCUT2D eigenvalue weighted by atomic mass is 32.2. The van der Waals surface area contributed by atoms with Crippen LogP contribution < -0.4 is 0 Å². The summed E-state index contributed by atoms with van der Waals surface area (Å²) in [4.78, 5) is 0. The summed E-state index contributed by atoms with van der Waals surface area (Å²) in [5, 5.41) is 0. The van der Waals surface area contributed by atoms with Crippen LogP contribution in [-0.4, -0.2) is 19.9 Å². The highest BCUT2D eigenvalue weighted by molar-refractivity contribution is 7.92. The minimum absolute atomic E-state index is 0.0683. The van der Waals surface area contributed by atoms with Crippen molar-refractivity contribution in [3.8, 4) is 0 Å². The van der Waals surface area contributed by atoms with E-state index < -0.39 is 9.84 Å². The number of hydrogen-bond donors (Lipinski definition) is 0. The molecule has 0 N–H and O–H groups in total. The maximum Gasteiger partial charge on any atom is 0.151 e. The molecule has 1 saturated heterocycles. The van der Waals surface area contributed by atoms with Crippen LogP contribution in [0.4, 0.5) is 0 Å². The Morgan fingerprint density at radius 1 is 1.30 bits per heavy atom. The second-order valence-corrected chi connectivity index (χ2v) is 5.91. The van der Waals surface area contributed by atoms with Gasteiger partial charge in [-0.15, -0.1) is 0 Å². The van der Waals surface area contributed by atoms with E-state index in [4.69, 9.17) is 0 Å². The Labute approximate surface area is 62.5 Å². The first-order valence-corrected chi connectivity index (χ1v) is 5.38. The topological polar surface area (TPSA) is 34.1 Å². The van der Waals surface area contributed by atoms with Gasteiger partial charge < -0.3 is 0 Å². The zero-order chi connectivity index (χ0) is 7.99. The minimum Gasteiger partial charge on any atom is -0.229 e. The van der Waals surface area contributed by atoms with Crippen LogP contribution in [0, 0.1) is 11.3 Å². The van der Waals surface area contributed by atoms with E-state index in [2.05, 4.69) is 13.8 Å². The van der Waals surface area contributed by atoms with Gasteiger partial charge in [-0.1, -0.05) is 20.8 Å². The van der Waals surface area contributed by atoms with E-state index in [1.807, 2.05) is 6.92 Å². The highest BCUT2D eigenvalue weighted by Gasteiger charge is 2.46. The molecule has 0 amide bonds. The molecule has 1 aliphatic heterocycles. The summed E-state index contributed by atoms with van der Waals surface area (Å²) in [6, 6.07) is 0. The van der Waals surface area contributed by atoms with Crippen LogP contribution in [0.15, 0.2) is 0 Å². The molecule has 60 valence electrons. The summed E-state index contributed by atoms with van der Waals surface area (Å²) in [5.74, 6) is 1.26. The van der Waals surface area contributed by atoms with E-state index in [9.17, 15) is 8.42 Å². The van der Waals surface area contributed by atoms with Gasteiger partial charge in [-0.05, 0) is 11.3 Å². The Balaban J connectivity index is 2.67. The third-order valence-corrected chi connectivity index (χ3v) is 4.69. The maximum atomic E-state index is 10.8. The Kier molecular flexibility index (Phi) is 1.59. The Bertz CT molecular complexity index is 214.